The van der Waals surface area contributed by atoms with Crippen LogP contribution >= 0.6 is 11.6 Å². The van der Waals surface area contributed by atoms with E-state index >= 15 is 0 Å². The van der Waals surface area contributed by atoms with Gasteiger partial charge in [-0.05, 0) is 56.7 Å². The summed E-state index contributed by atoms with van der Waals surface area (Å²) < 4.78 is 6.31. The zero-order chi connectivity index (χ0) is 25.4. The van der Waals surface area contributed by atoms with Crippen LogP contribution in [0.25, 0.3) is 22.2 Å². The number of phenolic OH excluding ortho intramolecular Hbond substituents is 1. The molecule has 0 saturated heterocycles. The number of aromatic nitrogens is 1. The molecular weight excluding hydrogens is 464 g/mol. The van der Waals surface area contributed by atoms with Gasteiger partial charge in [-0.3, -0.25) is 9.59 Å². The number of nitrogens with zero attached hydrogens (tertiary/aromatic N) is 1. The summed E-state index contributed by atoms with van der Waals surface area (Å²) in [6, 6.07) is 11.8. The summed E-state index contributed by atoms with van der Waals surface area (Å²) in [4.78, 5) is 28.7. The van der Waals surface area contributed by atoms with Crippen molar-refractivity contribution in [1.29, 1.82) is 0 Å². The molecule has 0 spiro atoms. The summed E-state index contributed by atoms with van der Waals surface area (Å²) in [6.07, 6.45) is 0.593. The Labute approximate surface area is 208 Å². The van der Waals surface area contributed by atoms with Crippen LogP contribution in [0.15, 0.2) is 51.7 Å². The maximum Gasteiger partial charge on any atom is 0.195 e. The third-order valence-corrected chi connectivity index (χ3v) is 6.29. The van der Waals surface area contributed by atoms with Crippen LogP contribution in [-0.4, -0.2) is 16.4 Å². The van der Waals surface area contributed by atoms with Crippen LogP contribution in [0.4, 0.5) is 5.69 Å². The molecule has 35 heavy (non-hydrogen) atoms. The highest BCUT2D eigenvalue weighted by atomic mass is 35.5. The van der Waals surface area contributed by atoms with Gasteiger partial charge in [-0.1, -0.05) is 37.6 Å². The van der Waals surface area contributed by atoms with Gasteiger partial charge in [-0.15, -0.1) is 0 Å². The lowest BCUT2D eigenvalue weighted by atomic mass is 9.98. The first-order valence-electron chi connectivity index (χ1n) is 11.4. The van der Waals surface area contributed by atoms with E-state index in [1.54, 1.807) is 19.1 Å². The lowest BCUT2D eigenvalue weighted by molar-refractivity contribution is 0.112. The third-order valence-electron chi connectivity index (χ3n) is 6.08. The van der Waals surface area contributed by atoms with Gasteiger partial charge in [-0.2, -0.15) is 0 Å². The van der Waals surface area contributed by atoms with Crippen molar-refractivity contribution in [3.05, 3.63) is 85.9 Å². The second-order valence-corrected chi connectivity index (χ2v) is 9.48. The van der Waals surface area contributed by atoms with Crippen LogP contribution in [-0.2, 0) is 0 Å². The van der Waals surface area contributed by atoms with E-state index in [0.717, 1.165) is 11.1 Å². The van der Waals surface area contributed by atoms with Crippen molar-refractivity contribution in [1.82, 2.24) is 4.98 Å². The summed E-state index contributed by atoms with van der Waals surface area (Å²) in [5.74, 6) is 0.610. The number of hydrogen-bond acceptors (Lipinski definition) is 6. The second kappa shape index (κ2) is 9.55. The summed E-state index contributed by atoms with van der Waals surface area (Å²) >= 11 is 6.19. The first-order valence-corrected chi connectivity index (χ1v) is 11.8. The molecule has 2 heterocycles. The fourth-order valence-corrected chi connectivity index (χ4v) is 4.48. The molecule has 0 aliphatic carbocycles. The van der Waals surface area contributed by atoms with Crippen LogP contribution in [0.1, 0.15) is 65.5 Å². The van der Waals surface area contributed by atoms with Crippen molar-refractivity contribution in [3.63, 3.8) is 0 Å². The number of pyridine rings is 1. The summed E-state index contributed by atoms with van der Waals surface area (Å²) in [7, 11) is 0. The van der Waals surface area contributed by atoms with Crippen molar-refractivity contribution in [2.75, 3.05) is 5.32 Å². The van der Waals surface area contributed by atoms with E-state index in [-0.39, 0.29) is 28.7 Å². The summed E-state index contributed by atoms with van der Waals surface area (Å²) in [5, 5.41) is 14.5. The number of aryl methyl sites for hydroxylation is 1. The number of carbonyl (C=O) groups excluding carboxylic acids is 1. The number of hydrogen-bond donors (Lipinski definition) is 2. The topological polar surface area (TPSA) is 92.4 Å². The fraction of sp³-hybridized carbons (Fsp3) is 0.250. The molecule has 0 saturated carbocycles. The van der Waals surface area contributed by atoms with Crippen molar-refractivity contribution in [2.24, 2.45) is 0 Å². The van der Waals surface area contributed by atoms with Gasteiger partial charge >= 0.3 is 0 Å². The van der Waals surface area contributed by atoms with Gasteiger partial charge in [-0.25, -0.2) is 4.98 Å². The van der Waals surface area contributed by atoms with Crippen molar-refractivity contribution in [2.45, 2.75) is 46.6 Å². The van der Waals surface area contributed by atoms with Crippen LogP contribution in [0.3, 0.4) is 0 Å². The molecule has 0 fully saturated rings. The van der Waals surface area contributed by atoms with E-state index < -0.39 is 0 Å². The molecule has 6 nitrogen and oxygen atoms in total. The van der Waals surface area contributed by atoms with Gasteiger partial charge in [0.2, 0.25) is 0 Å². The molecule has 0 radical (unpaired) electrons. The largest absolute Gasteiger partial charge is 0.507 e. The summed E-state index contributed by atoms with van der Waals surface area (Å²) in [5.41, 5.74) is 4.96. The van der Waals surface area contributed by atoms with Crippen LogP contribution < -0.4 is 10.7 Å². The van der Waals surface area contributed by atoms with Gasteiger partial charge in [0.25, 0.3) is 0 Å². The number of anilines is 1. The monoisotopic (exact) mass is 490 g/mol. The van der Waals surface area contributed by atoms with Gasteiger partial charge in [0.05, 0.1) is 28.4 Å². The minimum atomic E-state index is -0.257. The molecule has 2 aromatic carbocycles. The maximum absolute atomic E-state index is 13.1. The standard InChI is InChI=1S/C28H27ClN2O4/c1-14(2)27-16(4)26(34)21-11-15(3)10-20(28(21)35-27)17(5)30-22-8-9-24(29)31-25(22)18-6-7-19(13-32)23(33)12-18/h6-14,17,30,33H,1-5H3. The number of aldehydes is 1. The van der Waals surface area contributed by atoms with Crippen LogP contribution in [0.5, 0.6) is 5.75 Å². The van der Waals surface area contributed by atoms with E-state index in [1.165, 1.54) is 12.1 Å². The molecule has 1 atom stereocenters. The molecule has 0 amide bonds. The average molecular weight is 491 g/mol. The van der Waals surface area contributed by atoms with Gasteiger partial charge in [0.15, 0.2) is 11.7 Å². The molecule has 0 aliphatic heterocycles. The highest BCUT2D eigenvalue weighted by molar-refractivity contribution is 6.29. The molecule has 180 valence electrons. The maximum atomic E-state index is 13.1. The number of fused-ring (bicyclic) bond motifs is 1. The van der Waals surface area contributed by atoms with E-state index in [9.17, 15) is 14.7 Å². The third kappa shape index (κ3) is 4.66. The first-order chi connectivity index (χ1) is 16.6. The number of aromatic hydroxyl groups is 1. The summed E-state index contributed by atoms with van der Waals surface area (Å²) in [6.45, 7) is 9.75. The van der Waals surface area contributed by atoms with E-state index in [2.05, 4.69) is 10.3 Å². The molecule has 7 heteroatoms. The zero-order valence-electron chi connectivity index (χ0n) is 20.3. The van der Waals surface area contributed by atoms with E-state index in [4.69, 9.17) is 16.0 Å². The lowest BCUT2D eigenvalue weighted by Crippen LogP contribution is -2.14. The van der Waals surface area contributed by atoms with Crippen molar-refractivity contribution >= 4 is 34.5 Å². The minimum absolute atomic E-state index is 0.0216. The predicted molar refractivity (Wildman–Crippen MR) is 140 cm³/mol. The van der Waals surface area contributed by atoms with Crippen LogP contribution in [0, 0.1) is 13.8 Å². The number of halogens is 1. The van der Waals surface area contributed by atoms with E-state index in [0.29, 0.717) is 50.7 Å². The molecule has 4 rings (SSSR count). The molecule has 1 unspecified atom stereocenters. The molecule has 4 aromatic rings. The highest BCUT2D eigenvalue weighted by Gasteiger charge is 2.20. The smallest absolute Gasteiger partial charge is 0.195 e. The Morgan fingerprint density at radius 2 is 1.83 bits per heavy atom. The quantitative estimate of drug-likeness (QED) is 0.224. The van der Waals surface area contributed by atoms with Crippen molar-refractivity contribution < 1.29 is 14.3 Å². The molecular formula is C28H27ClN2O4. The molecule has 2 aromatic heterocycles. The second-order valence-electron chi connectivity index (χ2n) is 9.09. The Bertz CT molecular complexity index is 1510. The molecule has 0 aliphatic rings. The molecule has 0 bridgehead atoms. The SMILES string of the molecule is Cc1cc(C(C)Nc2ccc(Cl)nc2-c2ccc(C=O)c(O)c2)c2oc(C(C)C)c(C)c(=O)c2c1. The number of carbonyl (C=O) groups is 1. The number of phenols is 1. The average Bonchev–Trinajstić information content (AvgIpc) is 2.82. The van der Waals surface area contributed by atoms with E-state index in [1.807, 2.05) is 45.9 Å². The Kier molecular flexibility index (Phi) is 6.68. The fourth-order valence-electron chi connectivity index (χ4n) is 4.33. The van der Waals surface area contributed by atoms with Gasteiger partial charge < -0.3 is 14.8 Å². The molecule has 2 N–H and O–H groups in total. The minimum Gasteiger partial charge on any atom is -0.507 e. The Morgan fingerprint density at radius 1 is 1.09 bits per heavy atom. The number of rotatable bonds is 6. The van der Waals surface area contributed by atoms with Crippen LogP contribution in [0.2, 0.25) is 5.15 Å². The normalized spacial score (nSPS) is 12.2. The lowest BCUT2D eigenvalue weighted by Gasteiger charge is -2.21. The highest BCUT2D eigenvalue weighted by Crippen LogP contribution is 2.35. The number of nitrogens with one attached hydrogen (secondary N) is 1. The van der Waals surface area contributed by atoms with Gasteiger partial charge in [0.1, 0.15) is 22.2 Å². The number of benzene rings is 2. The van der Waals surface area contributed by atoms with Gasteiger partial charge in [0, 0.05) is 22.6 Å². The zero-order valence-corrected chi connectivity index (χ0v) is 21.0. The Hall–Kier alpha value is -3.64. The predicted octanol–water partition coefficient (Wildman–Crippen LogP) is 6.94. The van der Waals surface area contributed by atoms with Crippen molar-refractivity contribution in [3.8, 4) is 17.0 Å². The Balaban J connectivity index is 1.83. The first kappa shape index (κ1) is 24.5. The Morgan fingerprint density at radius 3 is 2.49 bits per heavy atom.